The summed E-state index contributed by atoms with van der Waals surface area (Å²) in [5.74, 6) is 0. The van der Waals surface area contributed by atoms with E-state index >= 15 is 0 Å². The van der Waals surface area contributed by atoms with Gasteiger partial charge in [0.2, 0.25) is 0 Å². The average molecular weight is 239 g/mol. The van der Waals surface area contributed by atoms with Gasteiger partial charge >= 0.3 is 0 Å². The Bertz CT molecular complexity index is 329. The van der Waals surface area contributed by atoms with E-state index in [1.807, 2.05) is 24.3 Å². The first-order valence-corrected chi connectivity index (χ1v) is 5.28. The van der Waals surface area contributed by atoms with Crippen molar-refractivity contribution in [3.63, 3.8) is 0 Å². The minimum Gasteiger partial charge on any atom is -0.302 e. The standard InChI is InChI=1S/C11H11BrO/c12-10-4-1-3-9(7-10)11(8-13)5-2-6-11/h1,3-4,7-8H,2,5-6H2. The van der Waals surface area contributed by atoms with Crippen LogP contribution in [0.2, 0.25) is 0 Å². The lowest BCUT2D eigenvalue weighted by Gasteiger charge is -2.37. The third-order valence-corrected chi connectivity index (χ3v) is 3.36. The number of benzene rings is 1. The van der Waals surface area contributed by atoms with Gasteiger partial charge in [-0.3, -0.25) is 0 Å². The summed E-state index contributed by atoms with van der Waals surface area (Å²) < 4.78 is 1.05. The highest BCUT2D eigenvalue weighted by Gasteiger charge is 2.38. The zero-order valence-electron chi connectivity index (χ0n) is 7.29. The van der Waals surface area contributed by atoms with Gasteiger partial charge in [0, 0.05) is 4.47 Å². The Hall–Kier alpha value is -0.630. The quantitative estimate of drug-likeness (QED) is 0.725. The maximum Gasteiger partial charge on any atom is 0.130 e. The second-order valence-corrected chi connectivity index (χ2v) is 4.55. The summed E-state index contributed by atoms with van der Waals surface area (Å²) in [6, 6.07) is 8.07. The molecule has 68 valence electrons. The van der Waals surface area contributed by atoms with Crippen molar-refractivity contribution in [3.8, 4) is 0 Å². The van der Waals surface area contributed by atoms with Crippen molar-refractivity contribution in [2.45, 2.75) is 24.7 Å². The van der Waals surface area contributed by atoms with Crippen LogP contribution in [0.1, 0.15) is 24.8 Å². The van der Waals surface area contributed by atoms with Crippen molar-refractivity contribution in [2.24, 2.45) is 0 Å². The number of hydrogen-bond acceptors (Lipinski definition) is 1. The molecule has 0 N–H and O–H groups in total. The van der Waals surface area contributed by atoms with Gasteiger partial charge in [-0.1, -0.05) is 34.5 Å². The SMILES string of the molecule is O=CC1(c2cccc(Br)c2)CCC1. The predicted molar refractivity (Wildman–Crippen MR) is 55.7 cm³/mol. The van der Waals surface area contributed by atoms with E-state index in [9.17, 15) is 4.79 Å². The Morgan fingerprint density at radius 2 is 2.15 bits per heavy atom. The molecule has 0 heterocycles. The maximum absolute atomic E-state index is 11.0. The molecule has 1 aromatic carbocycles. The summed E-state index contributed by atoms with van der Waals surface area (Å²) >= 11 is 3.42. The van der Waals surface area contributed by atoms with Gasteiger partial charge < -0.3 is 4.79 Å². The Labute approximate surface area is 86.3 Å². The van der Waals surface area contributed by atoms with Gasteiger partial charge in [0.1, 0.15) is 6.29 Å². The fraction of sp³-hybridized carbons (Fsp3) is 0.364. The third-order valence-electron chi connectivity index (χ3n) is 2.87. The van der Waals surface area contributed by atoms with Crippen molar-refractivity contribution < 1.29 is 4.79 Å². The highest BCUT2D eigenvalue weighted by atomic mass is 79.9. The molecule has 0 spiro atoms. The zero-order chi connectivity index (χ0) is 9.31. The van der Waals surface area contributed by atoms with Crippen LogP contribution in [-0.2, 0) is 10.2 Å². The molecule has 2 rings (SSSR count). The molecule has 1 aliphatic carbocycles. The number of hydrogen-bond donors (Lipinski definition) is 0. The van der Waals surface area contributed by atoms with Gasteiger partial charge in [0.15, 0.2) is 0 Å². The number of aldehydes is 1. The third kappa shape index (κ3) is 1.44. The van der Waals surface area contributed by atoms with Crippen LogP contribution < -0.4 is 0 Å². The van der Waals surface area contributed by atoms with Gasteiger partial charge in [-0.15, -0.1) is 0 Å². The molecule has 1 fully saturated rings. The topological polar surface area (TPSA) is 17.1 Å². The van der Waals surface area contributed by atoms with E-state index in [2.05, 4.69) is 15.9 Å². The highest BCUT2D eigenvalue weighted by Crippen LogP contribution is 2.42. The van der Waals surface area contributed by atoms with Crippen LogP contribution in [0, 0.1) is 0 Å². The summed E-state index contributed by atoms with van der Waals surface area (Å²) in [7, 11) is 0. The second-order valence-electron chi connectivity index (χ2n) is 3.64. The lowest BCUT2D eigenvalue weighted by molar-refractivity contribution is -0.115. The molecular weight excluding hydrogens is 228 g/mol. The molecule has 0 aliphatic heterocycles. The zero-order valence-corrected chi connectivity index (χ0v) is 8.88. The van der Waals surface area contributed by atoms with E-state index in [-0.39, 0.29) is 5.41 Å². The van der Waals surface area contributed by atoms with E-state index < -0.39 is 0 Å². The number of carbonyl (C=O) groups is 1. The van der Waals surface area contributed by atoms with Gasteiger partial charge in [0.05, 0.1) is 5.41 Å². The monoisotopic (exact) mass is 238 g/mol. The molecular formula is C11H11BrO. The molecule has 0 atom stereocenters. The molecule has 13 heavy (non-hydrogen) atoms. The fourth-order valence-corrected chi connectivity index (χ4v) is 2.23. The number of rotatable bonds is 2. The minimum atomic E-state index is -0.163. The van der Waals surface area contributed by atoms with Crippen LogP contribution in [0.25, 0.3) is 0 Å². The van der Waals surface area contributed by atoms with Crippen LogP contribution in [0.5, 0.6) is 0 Å². The minimum absolute atomic E-state index is 0.163. The van der Waals surface area contributed by atoms with E-state index in [1.54, 1.807) is 0 Å². The molecule has 0 bridgehead atoms. The van der Waals surface area contributed by atoms with Gasteiger partial charge in [-0.25, -0.2) is 0 Å². The molecule has 1 aliphatic rings. The lowest BCUT2D eigenvalue weighted by Crippen LogP contribution is -2.35. The summed E-state index contributed by atoms with van der Waals surface area (Å²) in [5, 5.41) is 0. The van der Waals surface area contributed by atoms with Crippen molar-refractivity contribution in [2.75, 3.05) is 0 Å². The number of carbonyl (C=O) groups excluding carboxylic acids is 1. The van der Waals surface area contributed by atoms with Crippen molar-refractivity contribution >= 4 is 22.2 Å². The van der Waals surface area contributed by atoms with E-state index in [1.165, 1.54) is 6.42 Å². The number of halogens is 1. The molecule has 0 amide bonds. The second kappa shape index (κ2) is 3.26. The Kier molecular flexibility index (Phi) is 2.24. The van der Waals surface area contributed by atoms with Gasteiger partial charge in [0.25, 0.3) is 0 Å². The predicted octanol–water partition coefficient (Wildman–Crippen LogP) is 3.07. The molecule has 0 aromatic heterocycles. The smallest absolute Gasteiger partial charge is 0.130 e. The normalized spacial score (nSPS) is 19.2. The van der Waals surface area contributed by atoms with Gasteiger partial charge in [-0.2, -0.15) is 0 Å². The first-order chi connectivity index (χ1) is 6.27. The fourth-order valence-electron chi connectivity index (χ4n) is 1.83. The molecule has 1 aromatic rings. The summed E-state index contributed by atoms with van der Waals surface area (Å²) in [5.41, 5.74) is 0.993. The van der Waals surface area contributed by atoms with Crippen LogP contribution >= 0.6 is 15.9 Å². The van der Waals surface area contributed by atoms with E-state index in [4.69, 9.17) is 0 Å². The Morgan fingerprint density at radius 3 is 2.62 bits per heavy atom. The maximum atomic E-state index is 11.0. The van der Waals surface area contributed by atoms with Crippen molar-refractivity contribution in [3.05, 3.63) is 34.3 Å². The first kappa shape index (κ1) is 8.95. The summed E-state index contributed by atoms with van der Waals surface area (Å²) in [6.07, 6.45) is 4.30. The van der Waals surface area contributed by atoms with Crippen molar-refractivity contribution in [1.82, 2.24) is 0 Å². The molecule has 2 heteroatoms. The molecule has 0 unspecified atom stereocenters. The first-order valence-electron chi connectivity index (χ1n) is 4.49. The lowest BCUT2D eigenvalue weighted by atomic mass is 9.65. The van der Waals surface area contributed by atoms with Crippen LogP contribution in [-0.4, -0.2) is 6.29 Å². The van der Waals surface area contributed by atoms with Crippen molar-refractivity contribution in [1.29, 1.82) is 0 Å². The summed E-state index contributed by atoms with van der Waals surface area (Å²) in [6.45, 7) is 0. The Balaban J connectivity index is 2.38. The van der Waals surface area contributed by atoms with Crippen LogP contribution in [0.4, 0.5) is 0 Å². The van der Waals surface area contributed by atoms with E-state index in [0.29, 0.717) is 0 Å². The molecule has 1 nitrogen and oxygen atoms in total. The highest BCUT2D eigenvalue weighted by molar-refractivity contribution is 9.10. The molecule has 0 saturated heterocycles. The average Bonchev–Trinajstić information content (AvgIpc) is 2.03. The van der Waals surface area contributed by atoms with E-state index in [0.717, 1.165) is 29.2 Å². The Morgan fingerprint density at radius 1 is 1.38 bits per heavy atom. The van der Waals surface area contributed by atoms with Gasteiger partial charge in [-0.05, 0) is 30.5 Å². The van der Waals surface area contributed by atoms with Crippen LogP contribution in [0.3, 0.4) is 0 Å². The largest absolute Gasteiger partial charge is 0.302 e. The van der Waals surface area contributed by atoms with Crippen LogP contribution in [0.15, 0.2) is 28.7 Å². The molecule has 1 saturated carbocycles. The molecule has 0 radical (unpaired) electrons. The summed E-state index contributed by atoms with van der Waals surface area (Å²) in [4.78, 5) is 11.0.